The third-order valence-corrected chi connectivity index (χ3v) is 4.85. The van der Waals surface area contributed by atoms with Crippen molar-refractivity contribution in [2.24, 2.45) is 11.8 Å². The van der Waals surface area contributed by atoms with Crippen molar-refractivity contribution in [3.8, 4) is 0 Å². The standard InChI is InChI=1S/C17H25NS/c1-4-9-19-17-8-6-5-7-16(17)18-15-11-13(2)10-14(3)12-15/h4-8,13-15,18H,1,9-12H2,2-3H3. The van der Waals surface area contributed by atoms with Gasteiger partial charge in [0.2, 0.25) is 0 Å². The van der Waals surface area contributed by atoms with Crippen LogP contribution in [0.5, 0.6) is 0 Å². The highest BCUT2D eigenvalue weighted by Gasteiger charge is 2.24. The van der Waals surface area contributed by atoms with Crippen molar-refractivity contribution in [3.05, 3.63) is 36.9 Å². The van der Waals surface area contributed by atoms with Crippen LogP contribution in [0.2, 0.25) is 0 Å². The maximum absolute atomic E-state index is 3.80. The van der Waals surface area contributed by atoms with Crippen molar-refractivity contribution in [3.63, 3.8) is 0 Å². The molecule has 2 rings (SSSR count). The molecular weight excluding hydrogens is 250 g/mol. The molecule has 1 aromatic carbocycles. The Kier molecular flexibility index (Phi) is 5.38. The van der Waals surface area contributed by atoms with Crippen LogP contribution in [0, 0.1) is 11.8 Å². The fourth-order valence-corrected chi connectivity index (χ4v) is 3.90. The summed E-state index contributed by atoms with van der Waals surface area (Å²) in [6, 6.07) is 9.27. The lowest BCUT2D eigenvalue weighted by Crippen LogP contribution is -2.30. The number of thioether (sulfide) groups is 1. The average molecular weight is 275 g/mol. The second-order valence-corrected chi connectivity index (χ2v) is 6.92. The van der Waals surface area contributed by atoms with Gasteiger partial charge in [-0.15, -0.1) is 18.3 Å². The lowest BCUT2D eigenvalue weighted by atomic mass is 9.80. The van der Waals surface area contributed by atoms with Gasteiger partial charge in [-0.2, -0.15) is 0 Å². The van der Waals surface area contributed by atoms with Gasteiger partial charge in [0.25, 0.3) is 0 Å². The van der Waals surface area contributed by atoms with Crippen molar-refractivity contribution in [2.45, 2.75) is 44.0 Å². The molecular formula is C17H25NS. The molecule has 0 aliphatic heterocycles. The maximum Gasteiger partial charge on any atom is 0.0480 e. The van der Waals surface area contributed by atoms with Gasteiger partial charge in [-0.1, -0.05) is 32.1 Å². The van der Waals surface area contributed by atoms with Gasteiger partial charge >= 0.3 is 0 Å². The van der Waals surface area contributed by atoms with E-state index in [1.54, 1.807) is 0 Å². The van der Waals surface area contributed by atoms with E-state index in [1.807, 2.05) is 17.8 Å². The van der Waals surface area contributed by atoms with Gasteiger partial charge in [0.05, 0.1) is 0 Å². The predicted molar refractivity (Wildman–Crippen MR) is 87.0 cm³/mol. The minimum absolute atomic E-state index is 0.629. The van der Waals surface area contributed by atoms with Gasteiger partial charge in [-0.3, -0.25) is 0 Å². The van der Waals surface area contributed by atoms with Gasteiger partial charge in [0.15, 0.2) is 0 Å². The second kappa shape index (κ2) is 7.04. The number of benzene rings is 1. The number of hydrogen-bond acceptors (Lipinski definition) is 2. The molecule has 0 aromatic heterocycles. The summed E-state index contributed by atoms with van der Waals surface area (Å²) in [6.45, 7) is 8.56. The van der Waals surface area contributed by atoms with Crippen molar-refractivity contribution in [2.75, 3.05) is 11.1 Å². The van der Waals surface area contributed by atoms with E-state index >= 15 is 0 Å². The van der Waals surface area contributed by atoms with E-state index in [2.05, 4.69) is 50.0 Å². The summed E-state index contributed by atoms with van der Waals surface area (Å²) in [4.78, 5) is 1.34. The predicted octanol–water partition coefficient (Wildman–Crippen LogP) is 5.20. The van der Waals surface area contributed by atoms with Gasteiger partial charge in [0, 0.05) is 22.4 Å². The van der Waals surface area contributed by atoms with E-state index in [4.69, 9.17) is 0 Å². The summed E-state index contributed by atoms with van der Waals surface area (Å²) in [7, 11) is 0. The molecule has 0 saturated heterocycles. The molecule has 2 atom stereocenters. The zero-order valence-electron chi connectivity index (χ0n) is 12.1. The fourth-order valence-electron chi connectivity index (χ4n) is 3.15. The second-order valence-electron chi connectivity index (χ2n) is 5.85. The molecule has 104 valence electrons. The van der Waals surface area contributed by atoms with E-state index in [9.17, 15) is 0 Å². The van der Waals surface area contributed by atoms with Crippen LogP contribution >= 0.6 is 11.8 Å². The maximum atomic E-state index is 3.80. The molecule has 19 heavy (non-hydrogen) atoms. The number of para-hydroxylation sites is 1. The first kappa shape index (κ1) is 14.5. The van der Waals surface area contributed by atoms with Crippen molar-refractivity contribution >= 4 is 17.4 Å². The van der Waals surface area contributed by atoms with Crippen molar-refractivity contribution in [1.82, 2.24) is 0 Å². The van der Waals surface area contributed by atoms with Crippen molar-refractivity contribution < 1.29 is 0 Å². The third kappa shape index (κ3) is 4.31. The van der Waals surface area contributed by atoms with Crippen LogP contribution in [-0.4, -0.2) is 11.8 Å². The van der Waals surface area contributed by atoms with Crippen LogP contribution in [0.3, 0.4) is 0 Å². The number of nitrogens with one attached hydrogen (secondary N) is 1. The Hall–Kier alpha value is -0.890. The molecule has 1 aromatic rings. The van der Waals surface area contributed by atoms with Crippen LogP contribution < -0.4 is 5.32 Å². The third-order valence-electron chi connectivity index (χ3n) is 3.78. The van der Waals surface area contributed by atoms with E-state index in [0.717, 1.165) is 17.6 Å². The Bertz CT molecular complexity index is 405. The zero-order valence-corrected chi connectivity index (χ0v) is 12.9. The molecule has 0 amide bonds. The molecule has 0 spiro atoms. The first-order valence-corrected chi connectivity index (χ1v) is 8.27. The zero-order chi connectivity index (χ0) is 13.7. The summed E-state index contributed by atoms with van der Waals surface area (Å²) in [6.07, 6.45) is 5.94. The Morgan fingerprint density at radius 2 is 1.89 bits per heavy atom. The van der Waals surface area contributed by atoms with Crippen LogP contribution in [0.4, 0.5) is 5.69 Å². The van der Waals surface area contributed by atoms with Gasteiger partial charge in [-0.25, -0.2) is 0 Å². The van der Waals surface area contributed by atoms with E-state index < -0.39 is 0 Å². The van der Waals surface area contributed by atoms with E-state index in [1.165, 1.54) is 29.8 Å². The molecule has 1 aliphatic rings. The number of anilines is 1. The first-order chi connectivity index (χ1) is 9.19. The molecule has 0 bridgehead atoms. The molecule has 1 saturated carbocycles. The highest BCUT2D eigenvalue weighted by atomic mass is 32.2. The molecule has 1 nitrogen and oxygen atoms in total. The van der Waals surface area contributed by atoms with E-state index in [-0.39, 0.29) is 0 Å². The quantitative estimate of drug-likeness (QED) is 0.585. The Labute approximate surface area is 121 Å². The Morgan fingerprint density at radius 3 is 2.58 bits per heavy atom. The molecule has 2 unspecified atom stereocenters. The van der Waals surface area contributed by atoms with Gasteiger partial charge in [-0.05, 0) is 43.2 Å². The van der Waals surface area contributed by atoms with Crippen LogP contribution in [0.1, 0.15) is 33.1 Å². The molecule has 0 radical (unpaired) electrons. The Morgan fingerprint density at radius 1 is 1.21 bits per heavy atom. The molecule has 1 N–H and O–H groups in total. The monoisotopic (exact) mass is 275 g/mol. The molecule has 1 aliphatic carbocycles. The number of hydrogen-bond donors (Lipinski definition) is 1. The topological polar surface area (TPSA) is 12.0 Å². The summed E-state index contributed by atoms with van der Waals surface area (Å²) in [5.41, 5.74) is 1.29. The SMILES string of the molecule is C=CCSc1ccccc1NC1CC(C)CC(C)C1. The minimum atomic E-state index is 0.629. The summed E-state index contributed by atoms with van der Waals surface area (Å²) >= 11 is 1.86. The van der Waals surface area contributed by atoms with Crippen LogP contribution in [-0.2, 0) is 0 Å². The number of rotatable bonds is 5. The van der Waals surface area contributed by atoms with Gasteiger partial charge in [0.1, 0.15) is 0 Å². The first-order valence-electron chi connectivity index (χ1n) is 7.28. The average Bonchev–Trinajstić information content (AvgIpc) is 2.36. The highest BCUT2D eigenvalue weighted by molar-refractivity contribution is 7.99. The van der Waals surface area contributed by atoms with Crippen molar-refractivity contribution in [1.29, 1.82) is 0 Å². The summed E-state index contributed by atoms with van der Waals surface area (Å²) in [5, 5.41) is 3.76. The smallest absolute Gasteiger partial charge is 0.0480 e. The van der Waals surface area contributed by atoms with Crippen LogP contribution in [0.25, 0.3) is 0 Å². The van der Waals surface area contributed by atoms with Crippen LogP contribution in [0.15, 0.2) is 41.8 Å². The molecule has 0 heterocycles. The lowest BCUT2D eigenvalue weighted by Gasteiger charge is -2.33. The fraction of sp³-hybridized carbons (Fsp3) is 0.529. The normalized spacial score (nSPS) is 26.9. The summed E-state index contributed by atoms with van der Waals surface area (Å²) in [5.74, 6) is 2.65. The molecule has 1 fully saturated rings. The van der Waals surface area contributed by atoms with Gasteiger partial charge < -0.3 is 5.32 Å². The minimum Gasteiger partial charge on any atom is -0.381 e. The van der Waals surface area contributed by atoms with E-state index in [0.29, 0.717) is 6.04 Å². The summed E-state index contributed by atoms with van der Waals surface area (Å²) < 4.78 is 0. The largest absolute Gasteiger partial charge is 0.381 e. The molecule has 2 heteroatoms. The Balaban J connectivity index is 2.03. The highest BCUT2D eigenvalue weighted by Crippen LogP contribution is 2.33. The lowest BCUT2D eigenvalue weighted by molar-refractivity contribution is 0.280.